The molecule has 3 N–H and O–H groups in total. The van der Waals surface area contributed by atoms with Gasteiger partial charge in [0.1, 0.15) is 0 Å². The number of nitrogens with two attached hydrogens (primary N) is 1. The molecule has 146 valence electrons. The third-order valence-corrected chi connectivity index (χ3v) is 6.03. The molecule has 27 heavy (non-hydrogen) atoms. The van der Waals surface area contributed by atoms with Crippen molar-refractivity contribution in [3.63, 3.8) is 0 Å². The summed E-state index contributed by atoms with van der Waals surface area (Å²) in [5.41, 5.74) is 9.45. The number of carbonyl (C=O) groups is 1. The third-order valence-electron chi connectivity index (χ3n) is 6.03. The Bertz CT molecular complexity index is 806. The molecule has 0 saturated heterocycles. The maximum Gasteiger partial charge on any atom is 0.274 e. The van der Waals surface area contributed by atoms with E-state index in [1.807, 2.05) is 38.1 Å². The molecule has 7 heteroatoms. The van der Waals surface area contributed by atoms with E-state index in [9.17, 15) is 4.79 Å². The summed E-state index contributed by atoms with van der Waals surface area (Å²) in [6, 6.07) is 8.54. The van der Waals surface area contributed by atoms with Gasteiger partial charge in [0.05, 0.1) is 11.4 Å². The molecule has 2 aliphatic rings. The number of aromatic nitrogens is 3. The number of aryl methyl sites for hydroxylation is 1. The van der Waals surface area contributed by atoms with Gasteiger partial charge in [0.2, 0.25) is 0 Å². The Hall–Kier alpha value is -1.92. The van der Waals surface area contributed by atoms with Crippen LogP contribution >= 0.6 is 12.4 Å². The standard InChI is InChI=1S/C20H27N5O.ClH/c1-12-5-3-8-17(9-12)25-13(2)18(23-24-25)20(26)22-19-14-6-4-7-15(19)11-16(21)10-14;/h3,5,8-9,14-16,19H,4,6-7,10-11,21H2,1-2H3,(H,22,26);1H. The Morgan fingerprint density at radius 1 is 1.22 bits per heavy atom. The van der Waals surface area contributed by atoms with Crippen LogP contribution in [0.1, 0.15) is 53.8 Å². The number of fused-ring (bicyclic) bond motifs is 2. The van der Waals surface area contributed by atoms with Crippen molar-refractivity contribution in [2.75, 3.05) is 0 Å². The lowest BCUT2D eigenvalue weighted by Crippen LogP contribution is -2.53. The van der Waals surface area contributed by atoms with E-state index in [2.05, 4.69) is 15.6 Å². The molecular weight excluding hydrogens is 362 g/mol. The third kappa shape index (κ3) is 3.87. The SMILES string of the molecule is Cc1cccc(-n2nnc(C(=O)NC3C4CCCC3CC(N)C4)c2C)c1.Cl. The van der Waals surface area contributed by atoms with E-state index in [0.29, 0.717) is 17.5 Å². The van der Waals surface area contributed by atoms with Crippen molar-refractivity contribution in [3.05, 3.63) is 41.2 Å². The average molecular weight is 390 g/mol. The Morgan fingerprint density at radius 2 is 1.93 bits per heavy atom. The van der Waals surface area contributed by atoms with E-state index >= 15 is 0 Å². The molecule has 0 spiro atoms. The fraction of sp³-hybridized carbons (Fsp3) is 0.550. The van der Waals surface area contributed by atoms with Gasteiger partial charge in [-0.05, 0) is 69.1 Å². The maximum atomic E-state index is 12.9. The van der Waals surface area contributed by atoms with Crippen LogP contribution < -0.4 is 11.1 Å². The number of nitrogens with one attached hydrogen (secondary N) is 1. The smallest absolute Gasteiger partial charge is 0.274 e. The van der Waals surface area contributed by atoms with Gasteiger partial charge in [0.25, 0.3) is 5.91 Å². The van der Waals surface area contributed by atoms with Gasteiger partial charge in [-0.1, -0.05) is 23.8 Å². The van der Waals surface area contributed by atoms with Crippen molar-refractivity contribution in [1.29, 1.82) is 0 Å². The highest BCUT2D eigenvalue weighted by atomic mass is 35.5. The average Bonchev–Trinajstić information content (AvgIpc) is 2.97. The highest BCUT2D eigenvalue weighted by Gasteiger charge is 2.40. The van der Waals surface area contributed by atoms with Gasteiger partial charge in [-0.2, -0.15) is 0 Å². The zero-order chi connectivity index (χ0) is 18.3. The predicted octanol–water partition coefficient (Wildman–Crippen LogP) is 2.94. The first-order chi connectivity index (χ1) is 12.5. The van der Waals surface area contributed by atoms with Gasteiger partial charge in [-0.25, -0.2) is 4.68 Å². The summed E-state index contributed by atoms with van der Waals surface area (Å²) in [5.74, 6) is 0.876. The van der Waals surface area contributed by atoms with Crippen molar-refractivity contribution in [2.24, 2.45) is 17.6 Å². The molecule has 2 aromatic rings. The number of hydrogen-bond acceptors (Lipinski definition) is 4. The molecule has 2 atom stereocenters. The minimum absolute atomic E-state index is 0. The number of rotatable bonds is 3. The van der Waals surface area contributed by atoms with Crippen molar-refractivity contribution < 1.29 is 4.79 Å². The lowest BCUT2D eigenvalue weighted by Gasteiger charge is -2.45. The van der Waals surface area contributed by atoms with Crippen LogP contribution in [0.5, 0.6) is 0 Å². The van der Waals surface area contributed by atoms with Gasteiger partial charge in [0.15, 0.2) is 5.69 Å². The van der Waals surface area contributed by atoms with Gasteiger partial charge < -0.3 is 11.1 Å². The second-order valence-corrected chi connectivity index (χ2v) is 7.96. The molecule has 0 radical (unpaired) electrons. The van der Waals surface area contributed by atoms with Gasteiger partial charge >= 0.3 is 0 Å². The zero-order valence-corrected chi connectivity index (χ0v) is 16.7. The van der Waals surface area contributed by atoms with Crippen LogP contribution in [-0.4, -0.2) is 33.0 Å². The first kappa shape index (κ1) is 19.8. The zero-order valence-electron chi connectivity index (χ0n) is 15.9. The van der Waals surface area contributed by atoms with Crippen LogP contribution in [0.3, 0.4) is 0 Å². The molecule has 2 unspecified atom stereocenters. The molecule has 2 bridgehead atoms. The molecule has 1 heterocycles. The van der Waals surface area contributed by atoms with Crippen LogP contribution in [0.25, 0.3) is 5.69 Å². The van der Waals surface area contributed by atoms with Crippen LogP contribution in [0.15, 0.2) is 24.3 Å². The number of hydrogen-bond donors (Lipinski definition) is 2. The number of carbonyl (C=O) groups excluding carboxylic acids is 1. The Balaban J connectivity index is 0.00000210. The number of benzene rings is 1. The molecular formula is C20H28ClN5O. The normalized spacial score (nSPS) is 26.9. The number of halogens is 1. The Morgan fingerprint density at radius 3 is 2.59 bits per heavy atom. The van der Waals surface area contributed by atoms with Crippen molar-refractivity contribution in [1.82, 2.24) is 20.3 Å². The van der Waals surface area contributed by atoms with Gasteiger partial charge in [0, 0.05) is 12.1 Å². The van der Waals surface area contributed by atoms with Crippen LogP contribution in [0.4, 0.5) is 0 Å². The molecule has 1 amide bonds. The lowest BCUT2D eigenvalue weighted by molar-refractivity contribution is 0.0751. The van der Waals surface area contributed by atoms with Crippen molar-refractivity contribution in [3.8, 4) is 5.69 Å². The minimum atomic E-state index is -0.112. The molecule has 6 nitrogen and oxygen atoms in total. The van der Waals surface area contributed by atoms with Crippen LogP contribution in [0, 0.1) is 25.7 Å². The molecule has 2 aliphatic carbocycles. The maximum absolute atomic E-state index is 12.9. The minimum Gasteiger partial charge on any atom is -0.347 e. The predicted molar refractivity (Wildman–Crippen MR) is 107 cm³/mol. The summed E-state index contributed by atoms with van der Waals surface area (Å²) >= 11 is 0. The number of nitrogens with zero attached hydrogens (tertiary/aromatic N) is 3. The summed E-state index contributed by atoms with van der Waals surface area (Å²) in [7, 11) is 0. The number of amides is 1. The van der Waals surface area contributed by atoms with Crippen LogP contribution in [-0.2, 0) is 0 Å². The first-order valence-electron chi connectivity index (χ1n) is 9.58. The first-order valence-corrected chi connectivity index (χ1v) is 9.58. The molecule has 1 aromatic carbocycles. The summed E-state index contributed by atoms with van der Waals surface area (Å²) in [6.45, 7) is 3.94. The van der Waals surface area contributed by atoms with E-state index < -0.39 is 0 Å². The Labute approximate surface area is 166 Å². The molecule has 2 saturated carbocycles. The Kier molecular flexibility index (Phi) is 5.86. The topological polar surface area (TPSA) is 85.8 Å². The summed E-state index contributed by atoms with van der Waals surface area (Å²) < 4.78 is 1.74. The van der Waals surface area contributed by atoms with Crippen molar-refractivity contribution >= 4 is 18.3 Å². The largest absolute Gasteiger partial charge is 0.347 e. The van der Waals surface area contributed by atoms with Crippen molar-refractivity contribution in [2.45, 2.75) is 58.0 Å². The highest BCUT2D eigenvalue weighted by Crippen LogP contribution is 2.39. The van der Waals surface area contributed by atoms with E-state index in [1.165, 1.54) is 6.42 Å². The molecule has 2 fully saturated rings. The summed E-state index contributed by atoms with van der Waals surface area (Å²) in [4.78, 5) is 12.9. The second kappa shape index (κ2) is 7.98. The summed E-state index contributed by atoms with van der Waals surface area (Å²) in [6.07, 6.45) is 5.58. The molecule has 1 aromatic heterocycles. The van der Waals surface area contributed by atoms with Crippen LogP contribution in [0.2, 0.25) is 0 Å². The lowest BCUT2D eigenvalue weighted by atomic mass is 9.67. The van der Waals surface area contributed by atoms with Gasteiger partial charge in [-0.15, -0.1) is 17.5 Å². The quantitative estimate of drug-likeness (QED) is 0.845. The molecule has 4 rings (SSSR count). The monoisotopic (exact) mass is 389 g/mol. The van der Waals surface area contributed by atoms with E-state index in [1.54, 1.807) is 4.68 Å². The second-order valence-electron chi connectivity index (χ2n) is 7.96. The van der Waals surface area contributed by atoms with E-state index in [-0.39, 0.29) is 30.4 Å². The van der Waals surface area contributed by atoms with E-state index in [4.69, 9.17) is 5.73 Å². The highest BCUT2D eigenvalue weighted by molar-refractivity contribution is 5.93. The molecule has 0 aliphatic heterocycles. The fourth-order valence-corrected chi connectivity index (χ4v) is 4.79. The summed E-state index contributed by atoms with van der Waals surface area (Å²) in [5, 5.41) is 11.6. The van der Waals surface area contributed by atoms with E-state index in [0.717, 1.165) is 42.6 Å². The van der Waals surface area contributed by atoms with Gasteiger partial charge in [-0.3, -0.25) is 4.79 Å². The fourth-order valence-electron chi connectivity index (χ4n) is 4.79.